The Morgan fingerprint density at radius 1 is 1.16 bits per heavy atom. The van der Waals surface area contributed by atoms with Crippen molar-refractivity contribution in [3.05, 3.63) is 86.5 Å². The van der Waals surface area contributed by atoms with E-state index in [4.69, 9.17) is 16.3 Å². The van der Waals surface area contributed by atoms with E-state index >= 15 is 0 Å². The Bertz CT molecular complexity index is 1320. The van der Waals surface area contributed by atoms with Crippen LogP contribution in [0.4, 0.5) is 0 Å². The first kappa shape index (κ1) is 22.4. The van der Waals surface area contributed by atoms with Crippen molar-refractivity contribution in [3.8, 4) is 5.75 Å². The largest absolute Gasteiger partial charge is 0.496 e. The third-order valence-corrected chi connectivity index (χ3v) is 7.05. The number of para-hydroxylation sites is 1. The van der Waals surface area contributed by atoms with Crippen LogP contribution in [0.25, 0.3) is 10.2 Å². The molecule has 1 N–H and O–H groups in total. The lowest BCUT2D eigenvalue weighted by Gasteiger charge is -2.14. The highest BCUT2D eigenvalue weighted by Crippen LogP contribution is 2.24. The predicted octanol–water partition coefficient (Wildman–Crippen LogP) is 4.58. The molecule has 1 amide bonds. The lowest BCUT2D eigenvalue weighted by Crippen LogP contribution is -2.27. The minimum atomic E-state index is -0.168. The Balaban J connectivity index is 1.55. The molecular weight excluding hydrogens is 466 g/mol. The molecule has 0 saturated carbocycles. The Morgan fingerprint density at radius 2 is 1.91 bits per heavy atom. The number of benzene rings is 2. The normalized spacial score (nSPS) is 10.9. The number of halogens is 1. The quantitative estimate of drug-likeness (QED) is 0.292. The molecule has 0 aliphatic carbocycles. The molecular formula is C23H20ClN3O3S2. The molecule has 0 bridgehead atoms. The highest BCUT2D eigenvalue weighted by atomic mass is 35.5. The SMILES string of the molecule is COc1ccccc1Cn1c(SCC(=O)NCc2ccccc2Cl)nc2ccsc2c1=O. The summed E-state index contributed by atoms with van der Waals surface area (Å²) in [5.41, 5.74) is 2.21. The third-order valence-electron chi connectivity index (χ3n) is 4.82. The van der Waals surface area contributed by atoms with Crippen molar-refractivity contribution in [3.63, 3.8) is 0 Å². The van der Waals surface area contributed by atoms with Crippen molar-refractivity contribution < 1.29 is 9.53 Å². The van der Waals surface area contributed by atoms with Crippen LogP contribution in [0.3, 0.4) is 0 Å². The molecule has 0 saturated heterocycles. The van der Waals surface area contributed by atoms with E-state index in [1.807, 2.05) is 53.9 Å². The summed E-state index contributed by atoms with van der Waals surface area (Å²) >= 11 is 8.74. The predicted molar refractivity (Wildman–Crippen MR) is 130 cm³/mol. The van der Waals surface area contributed by atoms with Gasteiger partial charge in [-0.15, -0.1) is 11.3 Å². The third kappa shape index (κ3) is 4.98. The van der Waals surface area contributed by atoms with Gasteiger partial charge in [-0.05, 0) is 29.1 Å². The van der Waals surface area contributed by atoms with E-state index in [0.717, 1.165) is 11.1 Å². The first-order valence-corrected chi connectivity index (χ1v) is 12.0. The van der Waals surface area contributed by atoms with Gasteiger partial charge in [0, 0.05) is 17.1 Å². The summed E-state index contributed by atoms with van der Waals surface area (Å²) in [4.78, 5) is 30.3. The number of hydrogen-bond donors (Lipinski definition) is 1. The van der Waals surface area contributed by atoms with Crippen molar-refractivity contribution in [2.24, 2.45) is 0 Å². The number of carbonyl (C=O) groups is 1. The van der Waals surface area contributed by atoms with Crippen molar-refractivity contribution in [2.75, 3.05) is 12.9 Å². The van der Waals surface area contributed by atoms with E-state index in [-0.39, 0.29) is 17.2 Å². The number of ether oxygens (including phenoxy) is 1. The van der Waals surface area contributed by atoms with Crippen LogP contribution < -0.4 is 15.6 Å². The van der Waals surface area contributed by atoms with Gasteiger partial charge in [-0.1, -0.05) is 59.8 Å². The number of fused-ring (bicyclic) bond motifs is 1. The van der Waals surface area contributed by atoms with Gasteiger partial charge in [0.15, 0.2) is 5.16 Å². The number of nitrogens with zero attached hydrogens (tertiary/aromatic N) is 2. The number of aromatic nitrogens is 2. The van der Waals surface area contributed by atoms with Gasteiger partial charge in [0.25, 0.3) is 5.56 Å². The van der Waals surface area contributed by atoms with Gasteiger partial charge in [0.1, 0.15) is 10.4 Å². The van der Waals surface area contributed by atoms with Crippen LogP contribution in [0.5, 0.6) is 5.75 Å². The van der Waals surface area contributed by atoms with Crippen molar-refractivity contribution >= 4 is 50.8 Å². The first-order chi connectivity index (χ1) is 15.6. The number of thioether (sulfide) groups is 1. The number of rotatable bonds is 8. The topological polar surface area (TPSA) is 73.2 Å². The molecule has 4 aromatic rings. The van der Waals surface area contributed by atoms with Crippen LogP contribution in [-0.4, -0.2) is 28.3 Å². The molecule has 0 radical (unpaired) electrons. The number of nitrogens with one attached hydrogen (secondary N) is 1. The molecule has 0 fully saturated rings. The fourth-order valence-electron chi connectivity index (χ4n) is 3.19. The molecule has 2 aromatic heterocycles. The summed E-state index contributed by atoms with van der Waals surface area (Å²) in [6.45, 7) is 0.636. The zero-order valence-electron chi connectivity index (χ0n) is 17.2. The fraction of sp³-hybridized carbons (Fsp3) is 0.174. The molecule has 2 aromatic carbocycles. The van der Waals surface area contributed by atoms with Crippen molar-refractivity contribution in [2.45, 2.75) is 18.2 Å². The molecule has 0 atom stereocenters. The maximum Gasteiger partial charge on any atom is 0.272 e. The van der Waals surface area contributed by atoms with Crippen LogP contribution in [-0.2, 0) is 17.9 Å². The average molecular weight is 486 g/mol. The van der Waals surface area contributed by atoms with Gasteiger partial charge in [0.2, 0.25) is 5.91 Å². The minimum absolute atomic E-state index is 0.123. The molecule has 0 unspecified atom stereocenters. The molecule has 164 valence electrons. The number of hydrogen-bond acceptors (Lipinski definition) is 6. The van der Waals surface area contributed by atoms with Crippen molar-refractivity contribution in [1.29, 1.82) is 0 Å². The second-order valence-electron chi connectivity index (χ2n) is 6.89. The molecule has 9 heteroatoms. The van der Waals surface area contributed by atoms with Crippen LogP contribution in [0.2, 0.25) is 5.02 Å². The maximum atomic E-state index is 13.2. The van der Waals surface area contributed by atoms with Gasteiger partial charge >= 0.3 is 0 Å². The Labute approximate surface area is 198 Å². The summed E-state index contributed by atoms with van der Waals surface area (Å²) in [6.07, 6.45) is 0. The number of carbonyl (C=O) groups excluding carboxylic acids is 1. The van der Waals surface area contributed by atoms with Gasteiger partial charge < -0.3 is 10.1 Å². The average Bonchev–Trinajstić information content (AvgIpc) is 3.28. The lowest BCUT2D eigenvalue weighted by molar-refractivity contribution is -0.118. The number of methoxy groups -OCH3 is 1. The summed E-state index contributed by atoms with van der Waals surface area (Å²) in [6, 6.07) is 16.7. The van der Waals surface area contributed by atoms with Crippen LogP contribution in [0, 0.1) is 0 Å². The van der Waals surface area contributed by atoms with E-state index in [1.165, 1.54) is 23.1 Å². The highest BCUT2D eigenvalue weighted by Gasteiger charge is 2.16. The maximum absolute atomic E-state index is 13.2. The highest BCUT2D eigenvalue weighted by molar-refractivity contribution is 7.99. The molecule has 0 aliphatic heterocycles. The first-order valence-electron chi connectivity index (χ1n) is 9.79. The monoisotopic (exact) mass is 485 g/mol. The van der Waals surface area contributed by atoms with E-state index in [2.05, 4.69) is 10.3 Å². The second kappa shape index (κ2) is 10.2. The lowest BCUT2D eigenvalue weighted by atomic mass is 10.2. The molecule has 32 heavy (non-hydrogen) atoms. The second-order valence-corrected chi connectivity index (χ2v) is 9.16. The Hall–Kier alpha value is -2.81. The summed E-state index contributed by atoms with van der Waals surface area (Å²) in [5.74, 6) is 0.649. The zero-order chi connectivity index (χ0) is 22.5. The molecule has 6 nitrogen and oxygen atoms in total. The van der Waals surface area contributed by atoms with E-state index in [0.29, 0.717) is 39.2 Å². The van der Waals surface area contributed by atoms with E-state index < -0.39 is 0 Å². The van der Waals surface area contributed by atoms with Gasteiger partial charge in [-0.3, -0.25) is 14.2 Å². The molecule has 4 rings (SSSR count). The van der Waals surface area contributed by atoms with Gasteiger partial charge in [0.05, 0.1) is 24.9 Å². The van der Waals surface area contributed by atoms with Crippen LogP contribution in [0.15, 0.2) is 69.9 Å². The smallest absolute Gasteiger partial charge is 0.272 e. The summed E-state index contributed by atoms with van der Waals surface area (Å²) in [5, 5.41) is 5.80. The summed E-state index contributed by atoms with van der Waals surface area (Å²) < 4.78 is 7.63. The Morgan fingerprint density at radius 3 is 2.69 bits per heavy atom. The summed E-state index contributed by atoms with van der Waals surface area (Å²) in [7, 11) is 1.60. The Kier molecular flexibility index (Phi) is 7.14. The molecule has 0 spiro atoms. The minimum Gasteiger partial charge on any atom is -0.496 e. The van der Waals surface area contributed by atoms with Crippen LogP contribution in [0.1, 0.15) is 11.1 Å². The standard InChI is InChI=1S/C23H20ClN3O3S2/c1-30-19-9-5-3-7-16(19)13-27-22(29)21-18(10-11-31-21)26-23(27)32-14-20(28)25-12-15-6-2-4-8-17(15)24/h2-11H,12-14H2,1H3,(H,25,28). The zero-order valence-corrected chi connectivity index (χ0v) is 19.6. The van der Waals surface area contributed by atoms with E-state index in [9.17, 15) is 9.59 Å². The fourth-order valence-corrected chi connectivity index (χ4v) is 5.00. The molecule has 0 aliphatic rings. The van der Waals surface area contributed by atoms with Crippen LogP contribution >= 0.6 is 34.7 Å². The van der Waals surface area contributed by atoms with Gasteiger partial charge in [-0.2, -0.15) is 0 Å². The number of amides is 1. The van der Waals surface area contributed by atoms with E-state index in [1.54, 1.807) is 17.7 Å². The molecule has 2 heterocycles. The van der Waals surface area contributed by atoms with Crippen molar-refractivity contribution in [1.82, 2.24) is 14.9 Å². The number of thiophene rings is 1. The van der Waals surface area contributed by atoms with Gasteiger partial charge in [-0.25, -0.2) is 4.98 Å².